The molecule has 0 saturated heterocycles. The minimum atomic E-state index is -0.499. The Labute approximate surface area is 177 Å². The molecular weight excluding hydrogens is 404 g/mol. The Morgan fingerprint density at radius 2 is 2.13 bits per heavy atom. The molecule has 1 aromatic carbocycles. The summed E-state index contributed by atoms with van der Waals surface area (Å²) in [6, 6.07) is 10.4. The van der Waals surface area contributed by atoms with Gasteiger partial charge in [0.2, 0.25) is 0 Å². The van der Waals surface area contributed by atoms with Crippen LogP contribution in [-0.4, -0.2) is 17.6 Å². The molecule has 0 radical (unpaired) electrons. The van der Waals surface area contributed by atoms with Gasteiger partial charge in [-0.25, -0.2) is 4.79 Å². The SMILES string of the molecule is C=c1[nH]c(=O)c(=Cc2ccc(-c3ccc(Cl)c(C(=O)OCCC)c3)o2)c(C)c1C#N. The summed E-state index contributed by atoms with van der Waals surface area (Å²) in [5.41, 5.74) is 1.37. The smallest absolute Gasteiger partial charge is 0.339 e. The minimum Gasteiger partial charge on any atom is -0.462 e. The van der Waals surface area contributed by atoms with Gasteiger partial charge in [-0.1, -0.05) is 25.1 Å². The largest absolute Gasteiger partial charge is 0.462 e. The molecule has 2 heterocycles. The lowest BCUT2D eigenvalue weighted by Crippen LogP contribution is -2.37. The van der Waals surface area contributed by atoms with Crippen molar-refractivity contribution < 1.29 is 13.9 Å². The van der Waals surface area contributed by atoms with Crippen LogP contribution < -0.4 is 16.1 Å². The number of carbonyl (C=O) groups is 1. The molecule has 0 amide bonds. The van der Waals surface area contributed by atoms with Crippen molar-refractivity contribution in [2.45, 2.75) is 20.3 Å². The summed E-state index contributed by atoms with van der Waals surface area (Å²) in [4.78, 5) is 27.1. The van der Waals surface area contributed by atoms with Crippen LogP contribution >= 0.6 is 11.6 Å². The third kappa shape index (κ3) is 4.22. The van der Waals surface area contributed by atoms with Crippen LogP contribution in [0.25, 0.3) is 24.0 Å². The number of rotatable bonds is 5. The van der Waals surface area contributed by atoms with Crippen molar-refractivity contribution >= 4 is 30.2 Å². The Morgan fingerprint density at radius 3 is 2.83 bits per heavy atom. The second-order valence-electron chi connectivity index (χ2n) is 6.64. The number of H-pyrrole nitrogens is 1. The number of ether oxygens (including phenoxy) is 1. The number of hydrogen-bond acceptors (Lipinski definition) is 5. The first-order valence-corrected chi connectivity index (χ1v) is 9.64. The number of halogens is 1. The van der Waals surface area contributed by atoms with Gasteiger partial charge in [-0.15, -0.1) is 0 Å². The molecule has 6 nitrogen and oxygen atoms in total. The Balaban J connectivity index is 2.02. The number of nitrogens with one attached hydrogen (secondary N) is 1. The molecule has 0 aliphatic heterocycles. The second-order valence-corrected chi connectivity index (χ2v) is 7.04. The Kier molecular flexibility index (Phi) is 6.24. The van der Waals surface area contributed by atoms with E-state index in [0.717, 1.165) is 0 Å². The quantitative estimate of drug-likeness (QED) is 0.636. The molecule has 0 atom stereocenters. The highest BCUT2D eigenvalue weighted by Gasteiger charge is 2.15. The van der Waals surface area contributed by atoms with Gasteiger partial charge in [0.1, 0.15) is 17.6 Å². The van der Waals surface area contributed by atoms with Crippen molar-refractivity contribution in [1.82, 2.24) is 4.98 Å². The van der Waals surface area contributed by atoms with Gasteiger partial charge in [-0.2, -0.15) is 5.26 Å². The van der Waals surface area contributed by atoms with Gasteiger partial charge in [-0.3, -0.25) is 4.79 Å². The van der Waals surface area contributed by atoms with Crippen LogP contribution in [0.5, 0.6) is 0 Å². The van der Waals surface area contributed by atoms with Crippen molar-refractivity contribution in [3.8, 4) is 17.4 Å². The second kappa shape index (κ2) is 8.85. The maximum Gasteiger partial charge on any atom is 0.339 e. The third-order valence-corrected chi connectivity index (χ3v) is 4.85. The van der Waals surface area contributed by atoms with Crippen LogP contribution in [0.15, 0.2) is 39.5 Å². The molecule has 1 N–H and O–H groups in total. The van der Waals surface area contributed by atoms with Crippen LogP contribution in [0, 0.1) is 18.3 Å². The molecule has 0 saturated carbocycles. The van der Waals surface area contributed by atoms with E-state index in [2.05, 4.69) is 11.6 Å². The molecule has 0 aliphatic rings. The van der Waals surface area contributed by atoms with Crippen LogP contribution in [0.4, 0.5) is 0 Å². The lowest BCUT2D eigenvalue weighted by molar-refractivity contribution is 0.0505. The Morgan fingerprint density at radius 1 is 1.37 bits per heavy atom. The van der Waals surface area contributed by atoms with Gasteiger partial charge in [0.15, 0.2) is 0 Å². The van der Waals surface area contributed by atoms with E-state index < -0.39 is 5.97 Å². The molecule has 0 unspecified atom stereocenters. The van der Waals surface area contributed by atoms with E-state index in [1.54, 1.807) is 43.3 Å². The fourth-order valence-electron chi connectivity index (χ4n) is 2.96. The summed E-state index contributed by atoms with van der Waals surface area (Å²) in [5.74, 6) is 0.414. The number of pyridine rings is 1. The summed E-state index contributed by atoms with van der Waals surface area (Å²) in [6.45, 7) is 7.59. The van der Waals surface area contributed by atoms with E-state index in [9.17, 15) is 14.9 Å². The number of nitrogens with zero attached hydrogens (tertiary/aromatic N) is 1. The normalized spacial score (nSPS) is 11.3. The highest BCUT2D eigenvalue weighted by molar-refractivity contribution is 6.33. The van der Waals surface area contributed by atoms with E-state index in [4.69, 9.17) is 20.8 Å². The summed E-state index contributed by atoms with van der Waals surface area (Å²) in [7, 11) is 0. The number of aromatic amines is 1. The number of hydrogen-bond donors (Lipinski definition) is 1. The van der Waals surface area contributed by atoms with E-state index in [1.807, 2.05) is 13.0 Å². The zero-order valence-corrected chi connectivity index (χ0v) is 17.3. The number of benzene rings is 1. The molecule has 2 aromatic heterocycles. The van der Waals surface area contributed by atoms with E-state index >= 15 is 0 Å². The third-order valence-electron chi connectivity index (χ3n) is 4.52. The number of furan rings is 1. The topological polar surface area (TPSA) is 96.1 Å². The lowest BCUT2D eigenvalue weighted by Gasteiger charge is -2.06. The minimum absolute atomic E-state index is 0.251. The molecule has 0 bridgehead atoms. The zero-order valence-electron chi connectivity index (χ0n) is 16.5. The highest BCUT2D eigenvalue weighted by Crippen LogP contribution is 2.27. The van der Waals surface area contributed by atoms with E-state index in [-0.39, 0.29) is 21.5 Å². The summed E-state index contributed by atoms with van der Waals surface area (Å²) in [5, 5.41) is 10.2. The maximum atomic E-state index is 12.3. The van der Waals surface area contributed by atoms with Gasteiger partial charge in [0.25, 0.3) is 5.56 Å². The number of esters is 1. The Hall–Kier alpha value is -3.56. The van der Waals surface area contributed by atoms with Crippen molar-refractivity contribution in [3.63, 3.8) is 0 Å². The maximum absolute atomic E-state index is 12.3. The number of nitriles is 1. The molecule has 152 valence electrons. The first-order chi connectivity index (χ1) is 14.3. The molecule has 0 spiro atoms. The zero-order chi connectivity index (χ0) is 21.8. The molecular formula is C23H19ClN2O4. The van der Waals surface area contributed by atoms with Gasteiger partial charge in [-0.05, 0) is 55.3 Å². The number of carbonyl (C=O) groups excluding carboxylic acids is 1. The summed E-state index contributed by atoms with van der Waals surface area (Å²) in [6.07, 6.45) is 2.27. The molecule has 3 rings (SSSR count). The van der Waals surface area contributed by atoms with Crippen molar-refractivity contribution in [1.29, 1.82) is 5.26 Å². The van der Waals surface area contributed by atoms with Gasteiger partial charge in [0.05, 0.1) is 28.1 Å². The van der Waals surface area contributed by atoms with Crippen LogP contribution in [-0.2, 0) is 4.74 Å². The molecule has 7 heteroatoms. The van der Waals surface area contributed by atoms with E-state index in [1.165, 1.54) is 0 Å². The first-order valence-electron chi connectivity index (χ1n) is 9.26. The monoisotopic (exact) mass is 422 g/mol. The van der Waals surface area contributed by atoms with Gasteiger partial charge < -0.3 is 14.1 Å². The van der Waals surface area contributed by atoms with E-state index in [0.29, 0.717) is 46.5 Å². The van der Waals surface area contributed by atoms with Crippen molar-refractivity contribution in [2.24, 2.45) is 0 Å². The average molecular weight is 423 g/mol. The summed E-state index contributed by atoms with van der Waals surface area (Å²) >= 11 is 6.14. The number of aromatic nitrogens is 1. The standard InChI is InChI=1S/C23H19ClN2O4/c1-4-9-29-23(28)18-10-15(5-7-20(18)24)21-8-6-16(30-21)11-17-13(2)19(12-25)14(3)26-22(17)27/h5-8,10-11H,3-4,9H2,1-2H3,(H,26,27). The predicted octanol–water partition coefficient (Wildman–Crippen LogP) is 3.27. The molecule has 3 aromatic rings. The highest BCUT2D eigenvalue weighted by atomic mass is 35.5. The Bertz CT molecular complexity index is 1330. The molecule has 0 fully saturated rings. The fourth-order valence-corrected chi connectivity index (χ4v) is 3.15. The fraction of sp³-hybridized carbons (Fsp3) is 0.174. The summed E-state index contributed by atoms with van der Waals surface area (Å²) < 4.78 is 11.0. The van der Waals surface area contributed by atoms with Gasteiger partial charge >= 0.3 is 5.97 Å². The molecule has 0 aliphatic carbocycles. The molecule has 30 heavy (non-hydrogen) atoms. The van der Waals surface area contributed by atoms with Gasteiger partial charge in [0, 0.05) is 10.8 Å². The average Bonchev–Trinajstić information content (AvgIpc) is 3.18. The van der Waals surface area contributed by atoms with Crippen LogP contribution in [0.3, 0.4) is 0 Å². The van der Waals surface area contributed by atoms with Crippen molar-refractivity contribution in [3.05, 3.63) is 78.7 Å². The van der Waals surface area contributed by atoms with Crippen LogP contribution in [0.1, 0.15) is 40.6 Å². The first kappa shape index (κ1) is 21.2. The lowest BCUT2D eigenvalue weighted by atomic mass is 10.1. The predicted molar refractivity (Wildman–Crippen MR) is 115 cm³/mol. The van der Waals surface area contributed by atoms with Crippen molar-refractivity contribution in [2.75, 3.05) is 6.61 Å². The van der Waals surface area contributed by atoms with Crippen LogP contribution in [0.2, 0.25) is 5.02 Å².